The van der Waals surface area contributed by atoms with Crippen molar-refractivity contribution < 1.29 is 19.4 Å². The van der Waals surface area contributed by atoms with Gasteiger partial charge in [-0.2, -0.15) is 5.10 Å². The van der Waals surface area contributed by atoms with Gasteiger partial charge in [-0.3, -0.25) is 9.48 Å². The summed E-state index contributed by atoms with van der Waals surface area (Å²) in [7, 11) is 1.78. The van der Waals surface area contributed by atoms with Crippen molar-refractivity contribution in [3.05, 3.63) is 40.7 Å². The number of aromatic nitrogens is 2. The number of rotatable bonds is 4. The Morgan fingerprint density at radius 3 is 2.50 bits per heavy atom. The van der Waals surface area contributed by atoms with Gasteiger partial charge in [-0.1, -0.05) is 6.07 Å². The molecule has 0 aliphatic rings. The van der Waals surface area contributed by atoms with E-state index >= 15 is 0 Å². The largest absolute Gasteiger partial charge is 0.508 e. The molecule has 1 amide bonds. The molecule has 7 nitrogen and oxygen atoms in total. The van der Waals surface area contributed by atoms with Gasteiger partial charge in [0.15, 0.2) is 6.10 Å². The Labute approximate surface area is 140 Å². The van der Waals surface area contributed by atoms with Crippen molar-refractivity contribution in [2.75, 3.05) is 5.32 Å². The normalized spacial score (nSPS) is 11.9. The lowest BCUT2D eigenvalue weighted by atomic mass is 10.1. The fourth-order valence-electron chi connectivity index (χ4n) is 2.20. The van der Waals surface area contributed by atoms with E-state index in [0.717, 1.165) is 5.69 Å². The van der Waals surface area contributed by atoms with E-state index < -0.39 is 18.0 Å². The Morgan fingerprint density at radius 1 is 1.29 bits per heavy atom. The van der Waals surface area contributed by atoms with E-state index in [4.69, 9.17) is 4.74 Å². The van der Waals surface area contributed by atoms with Crippen LogP contribution in [-0.4, -0.2) is 32.9 Å². The number of amides is 1. The van der Waals surface area contributed by atoms with E-state index in [2.05, 4.69) is 10.4 Å². The monoisotopic (exact) mass is 331 g/mol. The van der Waals surface area contributed by atoms with Crippen LogP contribution in [0.5, 0.6) is 5.75 Å². The van der Waals surface area contributed by atoms with E-state index in [1.807, 2.05) is 6.92 Å². The highest BCUT2D eigenvalue weighted by atomic mass is 16.5. The highest BCUT2D eigenvalue weighted by molar-refractivity contribution is 5.98. The Morgan fingerprint density at radius 2 is 1.96 bits per heavy atom. The van der Waals surface area contributed by atoms with Gasteiger partial charge in [-0.05, 0) is 45.4 Å². The summed E-state index contributed by atoms with van der Waals surface area (Å²) in [5.41, 5.74) is 2.94. The smallest absolute Gasteiger partial charge is 0.339 e. The summed E-state index contributed by atoms with van der Waals surface area (Å²) in [6.07, 6.45) is -0.986. The molecule has 1 aromatic carbocycles. The number of carbonyl (C=O) groups excluding carboxylic acids is 2. The van der Waals surface area contributed by atoms with Crippen molar-refractivity contribution in [3.8, 4) is 5.75 Å². The number of nitrogens with zero attached hydrogens (tertiary/aromatic N) is 2. The van der Waals surface area contributed by atoms with Crippen molar-refractivity contribution in [2.24, 2.45) is 7.05 Å². The van der Waals surface area contributed by atoms with Crippen LogP contribution in [-0.2, 0) is 16.6 Å². The maximum Gasteiger partial charge on any atom is 0.339 e. The maximum atomic E-state index is 12.2. The van der Waals surface area contributed by atoms with Crippen LogP contribution in [0.4, 0.5) is 5.69 Å². The van der Waals surface area contributed by atoms with Gasteiger partial charge in [0, 0.05) is 7.05 Å². The molecule has 0 bridgehead atoms. The molecular formula is C17H21N3O4. The summed E-state index contributed by atoms with van der Waals surface area (Å²) in [6, 6.07) is 4.47. The second-order valence-corrected chi connectivity index (χ2v) is 5.71. The number of benzene rings is 1. The van der Waals surface area contributed by atoms with Gasteiger partial charge in [-0.15, -0.1) is 0 Å². The molecule has 24 heavy (non-hydrogen) atoms. The second-order valence-electron chi connectivity index (χ2n) is 5.71. The van der Waals surface area contributed by atoms with Crippen LogP contribution in [0, 0.1) is 20.8 Å². The first kappa shape index (κ1) is 17.5. The molecule has 2 N–H and O–H groups in total. The molecule has 0 fully saturated rings. The van der Waals surface area contributed by atoms with Crippen LogP contribution in [0.2, 0.25) is 0 Å². The van der Waals surface area contributed by atoms with Crippen LogP contribution < -0.4 is 5.32 Å². The van der Waals surface area contributed by atoms with E-state index in [0.29, 0.717) is 16.9 Å². The Balaban J connectivity index is 2.05. The van der Waals surface area contributed by atoms with E-state index in [9.17, 15) is 14.7 Å². The molecule has 7 heteroatoms. The third-order valence-corrected chi connectivity index (χ3v) is 3.86. The fourth-order valence-corrected chi connectivity index (χ4v) is 2.20. The van der Waals surface area contributed by atoms with Gasteiger partial charge in [0.25, 0.3) is 5.91 Å². The minimum atomic E-state index is -0.986. The number of nitrogens with one attached hydrogen (secondary N) is 1. The lowest BCUT2D eigenvalue weighted by Gasteiger charge is -2.14. The van der Waals surface area contributed by atoms with E-state index in [1.54, 1.807) is 31.6 Å². The van der Waals surface area contributed by atoms with Gasteiger partial charge in [0.2, 0.25) is 0 Å². The van der Waals surface area contributed by atoms with Crippen molar-refractivity contribution in [1.29, 1.82) is 0 Å². The molecule has 1 aromatic heterocycles. The zero-order valence-corrected chi connectivity index (χ0v) is 14.4. The van der Waals surface area contributed by atoms with Crippen LogP contribution in [0.1, 0.15) is 34.2 Å². The lowest BCUT2D eigenvalue weighted by molar-refractivity contribution is -0.123. The number of hydrogen-bond donors (Lipinski definition) is 2. The quantitative estimate of drug-likeness (QED) is 0.838. The summed E-state index contributed by atoms with van der Waals surface area (Å²) in [5.74, 6) is -1.12. The first-order chi connectivity index (χ1) is 11.2. The van der Waals surface area contributed by atoms with Crippen molar-refractivity contribution in [3.63, 3.8) is 0 Å². The van der Waals surface area contributed by atoms with Gasteiger partial charge in [-0.25, -0.2) is 4.79 Å². The maximum absolute atomic E-state index is 12.2. The topological polar surface area (TPSA) is 93.5 Å². The molecule has 1 heterocycles. The van der Waals surface area contributed by atoms with Crippen LogP contribution >= 0.6 is 0 Å². The van der Waals surface area contributed by atoms with Gasteiger partial charge in [0.1, 0.15) is 5.75 Å². The summed E-state index contributed by atoms with van der Waals surface area (Å²) >= 11 is 0. The minimum absolute atomic E-state index is 0.00293. The highest BCUT2D eigenvalue weighted by Gasteiger charge is 2.21. The number of aromatic hydroxyl groups is 1. The predicted molar refractivity (Wildman–Crippen MR) is 89.0 cm³/mol. The molecule has 0 radical (unpaired) electrons. The molecule has 2 rings (SSSR count). The van der Waals surface area contributed by atoms with Crippen molar-refractivity contribution >= 4 is 17.6 Å². The number of carbonyl (C=O) groups is 2. The van der Waals surface area contributed by atoms with E-state index in [-0.39, 0.29) is 11.3 Å². The molecule has 0 aliphatic carbocycles. The highest BCUT2D eigenvalue weighted by Crippen LogP contribution is 2.20. The minimum Gasteiger partial charge on any atom is -0.508 e. The van der Waals surface area contributed by atoms with Crippen LogP contribution in [0.25, 0.3) is 0 Å². The molecule has 0 saturated heterocycles. The lowest BCUT2D eigenvalue weighted by Crippen LogP contribution is -2.30. The number of phenols is 1. The average molecular weight is 331 g/mol. The van der Waals surface area contributed by atoms with Crippen LogP contribution in [0.3, 0.4) is 0 Å². The molecule has 128 valence electrons. The number of phenolic OH excluding ortho intramolecular Hbond substituents is 1. The van der Waals surface area contributed by atoms with Crippen molar-refractivity contribution in [2.45, 2.75) is 33.8 Å². The molecule has 0 saturated carbocycles. The number of ether oxygens (including phenoxy) is 1. The van der Waals surface area contributed by atoms with Gasteiger partial charge in [0.05, 0.1) is 22.6 Å². The predicted octanol–water partition coefficient (Wildman–Crippen LogP) is 2.23. The standard InChI is InChI=1S/C17H21N3O4/c1-9-6-7-13(8-14(9)21)17(23)24-12(4)16(22)18-15-10(2)19-20(5)11(15)3/h6-8,12,21H,1-5H3,(H,18,22). The summed E-state index contributed by atoms with van der Waals surface area (Å²) in [5, 5.41) is 16.6. The van der Waals surface area contributed by atoms with Gasteiger partial charge < -0.3 is 15.2 Å². The number of aryl methyl sites for hydroxylation is 3. The van der Waals surface area contributed by atoms with E-state index in [1.165, 1.54) is 19.1 Å². The Hall–Kier alpha value is -2.83. The van der Waals surface area contributed by atoms with Crippen LogP contribution in [0.15, 0.2) is 18.2 Å². The molecule has 1 atom stereocenters. The number of esters is 1. The molecule has 0 spiro atoms. The first-order valence-corrected chi connectivity index (χ1v) is 7.52. The SMILES string of the molecule is Cc1ccc(C(=O)OC(C)C(=O)Nc2c(C)nn(C)c2C)cc1O. The second kappa shape index (κ2) is 6.74. The molecule has 0 aliphatic heterocycles. The number of hydrogen-bond acceptors (Lipinski definition) is 5. The number of anilines is 1. The average Bonchev–Trinajstić information content (AvgIpc) is 2.76. The summed E-state index contributed by atoms with van der Waals surface area (Å²) in [4.78, 5) is 24.3. The van der Waals surface area contributed by atoms with Gasteiger partial charge >= 0.3 is 5.97 Å². The summed E-state index contributed by atoms with van der Waals surface area (Å²) in [6.45, 7) is 6.83. The van der Waals surface area contributed by atoms with Crippen molar-refractivity contribution in [1.82, 2.24) is 9.78 Å². The molecule has 2 aromatic rings. The molecule has 1 unspecified atom stereocenters. The third-order valence-electron chi connectivity index (χ3n) is 3.86. The summed E-state index contributed by atoms with van der Waals surface area (Å²) < 4.78 is 6.83. The third kappa shape index (κ3) is 3.56. The Bertz CT molecular complexity index is 795. The zero-order valence-electron chi connectivity index (χ0n) is 14.4. The molecular weight excluding hydrogens is 310 g/mol. The zero-order chi connectivity index (χ0) is 18.0. The first-order valence-electron chi connectivity index (χ1n) is 7.52. The fraction of sp³-hybridized carbons (Fsp3) is 0.353. The Kier molecular flexibility index (Phi) is 4.92.